The van der Waals surface area contributed by atoms with Crippen molar-refractivity contribution in [1.82, 2.24) is 25.4 Å². The van der Waals surface area contributed by atoms with E-state index >= 15 is 0 Å². The van der Waals surface area contributed by atoms with Gasteiger partial charge < -0.3 is 4.74 Å². The molecule has 20 heavy (non-hydrogen) atoms. The van der Waals surface area contributed by atoms with Crippen molar-refractivity contribution in [2.24, 2.45) is 0 Å². The number of benzene rings is 1. The van der Waals surface area contributed by atoms with Gasteiger partial charge in [0.05, 0.1) is 18.3 Å². The molecule has 8 nitrogen and oxygen atoms in total. The summed E-state index contributed by atoms with van der Waals surface area (Å²) in [5, 5.41) is 16.7. The third-order valence-corrected chi connectivity index (χ3v) is 2.67. The number of ether oxygens (including phenoxy) is 1. The highest BCUT2D eigenvalue weighted by atomic mass is 16.5. The maximum atomic E-state index is 12.1. The van der Waals surface area contributed by atoms with Gasteiger partial charge in [0.15, 0.2) is 0 Å². The molecule has 8 heteroatoms. The maximum absolute atomic E-state index is 12.1. The van der Waals surface area contributed by atoms with Gasteiger partial charge in [0.1, 0.15) is 0 Å². The summed E-state index contributed by atoms with van der Waals surface area (Å²) in [6.07, 6.45) is 1.70. The molecule has 2 heterocycles. The van der Waals surface area contributed by atoms with Crippen molar-refractivity contribution < 1.29 is 9.53 Å². The van der Waals surface area contributed by atoms with Crippen LogP contribution in [-0.2, 0) is 0 Å². The molecule has 0 radical (unpaired) electrons. The molecule has 0 spiro atoms. The number of fused-ring (bicyclic) bond motifs is 1. The summed E-state index contributed by atoms with van der Waals surface area (Å²) in [6, 6.07) is 5.45. The standard InChI is InChI=1S/C12H12N6O2/c1-2-20-12-15-11(17-18-12)14-10(19)7-3-4-8-6-13-16-9(8)5-7/h3-6H,2H2,1H3,(H,13,16)(H2,14,15,17,18,19). The van der Waals surface area contributed by atoms with Crippen molar-refractivity contribution in [3.8, 4) is 6.01 Å². The Balaban J connectivity index is 1.77. The van der Waals surface area contributed by atoms with E-state index in [-0.39, 0.29) is 17.9 Å². The summed E-state index contributed by atoms with van der Waals surface area (Å²) < 4.78 is 5.10. The minimum atomic E-state index is -0.291. The van der Waals surface area contributed by atoms with Crippen molar-refractivity contribution in [3.63, 3.8) is 0 Å². The van der Waals surface area contributed by atoms with Crippen molar-refractivity contribution in [2.75, 3.05) is 11.9 Å². The fourth-order valence-electron chi connectivity index (χ4n) is 1.75. The summed E-state index contributed by atoms with van der Waals surface area (Å²) in [5.41, 5.74) is 1.29. The van der Waals surface area contributed by atoms with E-state index in [2.05, 4.69) is 30.7 Å². The van der Waals surface area contributed by atoms with Crippen LogP contribution in [0.4, 0.5) is 5.95 Å². The van der Waals surface area contributed by atoms with E-state index in [0.717, 1.165) is 10.9 Å². The number of aromatic nitrogens is 5. The number of carbonyl (C=O) groups excluding carboxylic acids is 1. The lowest BCUT2D eigenvalue weighted by molar-refractivity contribution is 0.102. The van der Waals surface area contributed by atoms with Crippen LogP contribution in [0.2, 0.25) is 0 Å². The van der Waals surface area contributed by atoms with Crippen molar-refractivity contribution in [1.29, 1.82) is 0 Å². The van der Waals surface area contributed by atoms with Crippen molar-refractivity contribution >= 4 is 22.8 Å². The lowest BCUT2D eigenvalue weighted by Gasteiger charge is -2.01. The monoisotopic (exact) mass is 272 g/mol. The number of anilines is 1. The average Bonchev–Trinajstić information content (AvgIpc) is 3.07. The zero-order valence-corrected chi connectivity index (χ0v) is 10.7. The minimum absolute atomic E-state index is 0.201. The first-order valence-corrected chi connectivity index (χ1v) is 6.06. The molecule has 0 saturated heterocycles. The molecule has 1 amide bonds. The SMILES string of the molecule is CCOc1n[nH]c(NC(=O)c2ccc3cn[nH]c3c2)n1. The predicted octanol–water partition coefficient (Wildman–Crippen LogP) is 1.33. The highest BCUT2D eigenvalue weighted by Gasteiger charge is 2.10. The van der Waals surface area contributed by atoms with Gasteiger partial charge in [-0.15, -0.1) is 5.10 Å². The highest BCUT2D eigenvalue weighted by Crippen LogP contribution is 2.14. The van der Waals surface area contributed by atoms with E-state index in [0.29, 0.717) is 12.2 Å². The number of nitrogens with zero attached hydrogens (tertiary/aromatic N) is 3. The Morgan fingerprint density at radius 2 is 2.30 bits per heavy atom. The number of nitrogens with one attached hydrogen (secondary N) is 3. The van der Waals surface area contributed by atoms with Crippen LogP contribution in [0.25, 0.3) is 10.9 Å². The number of amides is 1. The summed E-state index contributed by atoms with van der Waals surface area (Å²) in [5.74, 6) is -0.0520. The molecule has 1 aromatic carbocycles. The smallest absolute Gasteiger partial charge is 0.337 e. The molecule has 0 unspecified atom stereocenters. The Kier molecular flexibility index (Phi) is 3.04. The zero-order chi connectivity index (χ0) is 13.9. The molecule has 2 aromatic heterocycles. The van der Waals surface area contributed by atoms with E-state index < -0.39 is 0 Å². The Morgan fingerprint density at radius 1 is 1.40 bits per heavy atom. The second-order valence-electron chi connectivity index (χ2n) is 4.03. The summed E-state index contributed by atoms with van der Waals surface area (Å²) in [7, 11) is 0. The van der Waals surface area contributed by atoms with Gasteiger partial charge in [-0.05, 0) is 19.1 Å². The fourth-order valence-corrected chi connectivity index (χ4v) is 1.75. The van der Waals surface area contributed by atoms with Gasteiger partial charge in [-0.2, -0.15) is 10.1 Å². The third kappa shape index (κ3) is 2.30. The Labute approximate surface area is 113 Å². The molecule has 0 aliphatic rings. The van der Waals surface area contributed by atoms with E-state index in [4.69, 9.17) is 4.74 Å². The average molecular weight is 272 g/mol. The van der Waals surface area contributed by atoms with Crippen LogP contribution in [0.15, 0.2) is 24.4 Å². The number of carbonyl (C=O) groups is 1. The first-order valence-electron chi connectivity index (χ1n) is 6.06. The number of hydrogen-bond donors (Lipinski definition) is 3. The summed E-state index contributed by atoms with van der Waals surface area (Å²) in [6.45, 7) is 2.29. The first kappa shape index (κ1) is 12.2. The molecule has 0 bridgehead atoms. The number of hydrogen-bond acceptors (Lipinski definition) is 5. The second kappa shape index (κ2) is 5.00. The van der Waals surface area contributed by atoms with Crippen LogP contribution >= 0.6 is 0 Å². The molecule has 0 aliphatic heterocycles. The van der Waals surface area contributed by atoms with Crippen LogP contribution in [0.5, 0.6) is 6.01 Å². The van der Waals surface area contributed by atoms with Gasteiger partial charge in [-0.25, -0.2) is 5.10 Å². The van der Waals surface area contributed by atoms with Crippen LogP contribution in [-0.4, -0.2) is 37.9 Å². The number of H-pyrrole nitrogens is 2. The molecule has 0 atom stereocenters. The molecular weight excluding hydrogens is 260 g/mol. The van der Waals surface area contributed by atoms with Gasteiger partial charge in [-0.3, -0.25) is 15.2 Å². The van der Waals surface area contributed by atoms with Gasteiger partial charge in [-0.1, -0.05) is 6.07 Å². The fraction of sp³-hybridized carbons (Fsp3) is 0.167. The summed E-state index contributed by atoms with van der Waals surface area (Å²) in [4.78, 5) is 16.0. The van der Waals surface area contributed by atoms with Crippen LogP contribution in [0.1, 0.15) is 17.3 Å². The quantitative estimate of drug-likeness (QED) is 0.664. The third-order valence-electron chi connectivity index (χ3n) is 2.67. The predicted molar refractivity (Wildman–Crippen MR) is 71.6 cm³/mol. The van der Waals surface area contributed by atoms with Crippen LogP contribution < -0.4 is 10.1 Å². The van der Waals surface area contributed by atoms with Gasteiger partial charge in [0, 0.05) is 10.9 Å². The van der Waals surface area contributed by atoms with Crippen molar-refractivity contribution in [3.05, 3.63) is 30.0 Å². The maximum Gasteiger partial charge on any atom is 0.337 e. The van der Waals surface area contributed by atoms with E-state index in [1.165, 1.54) is 0 Å². The Hall–Kier alpha value is -2.90. The lowest BCUT2D eigenvalue weighted by Crippen LogP contribution is -2.12. The van der Waals surface area contributed by atoms with Crippen LogP contribution in [0.3, 0.4) is 0 Å². The molecule has 3 rings (SSSR count). The number of aromatic amines is 2. The van der Waals surface area contributed by atoms with Crippen molar-refractivity contribution in [2.45, 2.75) is 6.92 Å². The number of rotatable bonds is 4. The molecular formula is C12H12N6O2. The molecule has 102 valence electrons. The van der Waals surface area contributed by atoms with Crippen LogP contribution in [0, 0.1) is 0 Å². The Morgan fingerprint density at radius 3 is 3.15 bits per heavy atom. The normalized spacial score (nSPS) is 10.7. The molecule has 0 fully saturated rings. The first-order chi connectivity index (χ1) is 9.76. The largest absolute Gasteiger partial charge is 0.463 e. The topological polar surface area (TPSA) is 109 Å². The molecule has 3 N–H and O–H groups in total. The zero-order valence-electron chi connectivity index (χ0n) is 10.7. The highest BCUT2D eigenvalue weighted by molar-refractivity contribution is 6.05. The van der Waals surface area contributed by atoms with Gasteiger partial charge in [0.25, 0.3) is 5.91 Å². The Bertz CT molecular complexity index is 747. The summed E-state index contributed by atoms with van der Waals surface area (Å²) >= 11 is 0. The van der Waals surface area contributed by atoms with E-state index in [9.17, 15) is 4.79 Å². The van der Waals surface area contributed by atoms with E-state index in [1.54, 1.807) is 18.3 Å². The molecule has 3 aromatic rings. The lowest BCUT2D eigenvalue weighted by atomic mass is 10.1. The van der Waals surface area contributed by atoms with Gasteiger partial charge >= 0.3 is 6.01 Å². The van der Waals surface area contributed by atoms with E-state index in [1.807, 2.05) is 13.0 Å². The molecule has 0 aliphatic carbocycles. The minimum Gasteiger partial charge on any atom is -0.463 e. The van der Waals surface area contributed by atoms with Gasteiger partial charge in [0.2, 0.25) is 5.95 Å². The molecule has 0 saturated carbocycles. The second-order valence-corrected chi connectivity index (χ2v) is 4.03.